The molecule has 10 heavy (non-hydrogen) atoms. The van der Waals surface area contributed by atoms with Gasteiger partial charge < -0.3 is 19.4 Å². The van der Waals surface area contributed by atoms with Crippen LogP contribution >= 0.6 is 0 Å². The molecule has 0 spiro atoms. The molecule has 0 aromatic rings. The number of hydrogen-bond acceptors (Lipinski definition) is 4. The summed E-state index contributed by atoms with van der Waals surface area (Å²) in [6, 6.07) is 0. The summed E-state index contributed by atoms with van der Waals surface area (Å²) in [5, 5.41) is 8.62. The molecule has 0 radical (unpaired) electrons. The smallest absolute Gasteiger partial charge is 0.156 e. The van der Waals surface area contributed by atoms with E-state index in [-0.39, 0.29) is 12.9 Å². The predicted molar refractivity (Wildman–Crippen MR) is 32.4 cm³/mol. The molecule has 1 unspecified atom stereocenters. The van der Waals surface area contributed by atoms with Crippen molar-refractivity contribution in [2.45, 2.75) is 25.4 Å². The largest absolute Gasteiger partial charge is 0.394 e. The summed E-state index contributed by atoms with van der Waals surface area (Å²) in [6.07, 6.45) is -0.815. The maximum absolute atomic E-state index is 10.2. The van der Waals surface area contributed by atoms with Gasteiger partial charge in [-0.3, -0.25) is 0 Å². The Morgan fingerprint density at radius 1 is 1.60 bits per heavy atom. The summed E-state index contributed by atoms with van der Waals surface area (Å²) in [4.78, 5) is 10.2. The second kappa shape index (κ2) is 3.09. The SMILES string of the molecule is CC1O[C@@H](C=O)[C@@H](CO)O1. The van der Waals surface area contributed by atoms with Gasteiger partial charge in [-0.15, -0.1) is 0 Å². The van der Waals surface area contributed by atoms with E-state index in [9.17, 15) is 4.79 Å². The van der Waals surface area contributed by atoms with Crippen LogP contribution in [0.25, 0.3) is 0 Å². The number of hydrogen-bond donors (Lipinski definition) is 1. The lowest BCUT2D eigenvalue weighted by Gasteiger charge is -2.05. The van der Waals surface area contributed by atoms with Crippen LogP contribution in [0.15, 0.2) is 0 Å². The second-order valence-corrected chi connectivity index (χ2v) is 2.16. The number of ether oxygens (including phenoxy) is 2. The fourth-order valence-electron chi connectivity index (χ4n) is 0.931. The van der Waals surface area contributed by atoms with Crippen LogP contribution in [0, 0.1) is 0 Å². The average molecular weight is 146 g/mol. The lowest BCUT2D eigenvalue weighted by molar-refractivity contribution is -0.118. The summed E-state index contributed by atoms with van der Waals surface area (Å²) < 4.78 is 9.97. The minimum atomic E-state index is -0.597. The van der Waals surface area contributed by atoms with Gasteiger partial charge in [-0.25, -0.2) is 0 Å². The van der Waals surface area contributed by atoms with Crippen LogP contribution in [0.5, 0.6) is 0 Å². The summed E-state index contributed by atoms with van der Waals surface area (Å²) in [5.41, 5.74) is 0. The van der Waals surface area contributed by atoms with Crippen LogP contribution in [0.2, 0.25) is 0 Å². The van der Waals surface area contributed by atoms with Crippen LogP contribution in [0.1, 0.15) is 6.92 Å². The van der Waals surface area contributed by atoms with Gasteiger partial charge in [-0.2, -0.15) is 0 Å². The minimum Gasteiger partial charge on any atom is -0.394 e. The Morgan fingerprint density at radius 2 is 2.30 bits per heavy atom. The lowest BCUT2D eigenvalue weighted by Crippen LogP contribution is -2.27. The van der Waals surface area contributed by atoms with Crippen LogP contribution < -0.4 is 0 Å². The second-order valence-electron chi connectivity index (χ2n) is 2.16. The molecule has 3 atom stereocenters. The van der Waals surface area contributed by atoms with E-state index in [1.807, 2.05) is 0 Å². The molecule has 1 N–H and O–H groups in total. The molecule has 0 saturated carbocycles. The van der Waals surface area contributed by atoms with Crippen LogP contribution in [-0.4, -0.2) is 36.5 Å². The van der Waals surface area contributed by atoms with Crippen molar-refractivity contribution in [1.29, 1.82) is 0 Å². The van der Waals surface area contributed by atoms with Crippen LogP contribution in [0.4, 0.5) is 0 Å². The van der Waals surface area contributed by atoms with Gasteiger partial charge in [-0.1, -0.05) is 0 Å². The van der Waals surface area contributed by atoms with E-state index in [1.54, 1.807) is 6.92 Å². The zero-order valence-electron chi connectivity index (χ0n) is 5.69. The third kappa shape index (κ3) is 1.34. The van der Waals surface area contributed by atoms with E-state index in [0.717, 1.165) is 0 Å². The number of aldehydes is 1. The topological polar surface area (TPSA) is 55.8 Å². The van der Waals surface area contributed by atoms with Gasteiger partial charge in [0.15, 0.2) is 12.6 Å². The first-order valence-corrected chi connectivity index (χ1v) is 3.15. The molecule has 1 fully saturated rings. The molecular formula is C6H10O4. The fourth-order valence-corrected chi connectivity index (χ4v) is 0.931. The Morgan fingerprint density at radius 3 is 2.70 bits per heavy atom. The van der Waals surface area contributed by atoms with Crippen molar-refractivity contribution in [2.75, 3.05) is 6.61 Å². The number of rotatable bonds is 2. The molecule has 4 nitrogen and oxygen atoms in total. The van der Waals surface area contributed by atoms with Crippen LogP contribution in [-0.2, 0) is 14.3 Å². The first kappa shape index (κ1) is 7.65. The van der Waals surface area contributed by atoms with Crippen molar-refractivity contribution in [2.24, 2.45) is 0 Å². The van der Waals surface area contributed by atoms with Gasteiger partial charge in [0.25, 0.3) is 0 Å². The van der Waals surface area contributed by atoms with Crippen molar-refractivity contribution in [3.8, 4) is 0 Å². The molecule has 0 amide bonds. The Labute approximate surface area is 58.7 Å². The van der Waals surface area contributed by atoms with E-state index in [0.29, 0.717) is 6.29 Å². The molecule has 0 bridgehead atoms. The van der Waals surface area contributed by atoms with E-state index in [2.05, 4.69) is 0 Å². The maximum atomic E-state index is 10.2. The normalized spacial score (nSPS) is 40.0. The highest BCUT2D eigenvalue weighted by atomic mass is 16.7. The number of carbonyl (C=O) groups is 1. The van der Waals surface area contributed by atoms with Crippen LogP contribution in [0.3, 0.4) is 0 Å². The van der Waals surface area contributed by atoms with Gasteiger partial charge in [0.05, 0.1) is 6.61 Å². The van der Waals surface area contributed by atoms with E-state index >= 15 is 0 Å². The van der Waals surface area contributed by atoms with E-state index < -0.39 is 12.2 Å². The highest BCUT2D eigenvalue weighted by Crippen LogP contribution is 2.16. The van der Waals surface area contributed by atoms with Crippen molar-refractivity contribution < 1.29 is 19.4 Å². The zero-order valence-corrected chi connectivity index (χ0v) is 5.69. The predicted octanol–water partition coefficient (Wildman–Crippen LogP) is -0.692. The Balaban J connectivity index is 2.48. The van der Waals surface area contributed by atoms with Gasteiger partial charge in [0.1, 0.15) is 12.2 Å². The van der Waals surface area contributed by atoms with Crippen molar-refractivity contribution in [3.63, 3.8) is 0 Å². The average Bonchev–Trinajstić information content (AvgIpc) is 2.30. The molecule has 1 saturated heterocycles. The first-order valence-electron chi connectivity index (χ1n) is 3.15. The third-order valence-corrected chi connectivity index (χ3v) is 1.40. The molecule has 1 aliphatic heterocycles. The number of aliphatic hydroxyl groups is 1. The number of carbonyl (C=O) groups excluding carboxylic acids is 1. The molecule has 1 aliphatic rings. The summed E-state index contributed by atoms with van der Waals surface area (Å²) in [6.45, 7) is 1.51. The lowest BCUT2D eigenvalue weighted by atomic mass is 10.2. The van der Waals surface area contributed by atoms with E-state index in [4.69, 9.17) is 14.6 Å². The fraction of sp³-hybridized carbons (Fsp3) is 0.833. The third-order valence-electron chi connectivity index (χ3n) is 1.40. The maximum Gasteiger partial charge on any atom is 0.156 e. The summed E-state index contributed by atoms with van der Waals surface area (Å²) in [7, 11) is 0. The molecule has 4 heteroatoms. The molecular weight excluding hydrogens is 136 g/mol. The van der Waals surface area contributed by atoms with Crippen molar-refractivity contribution in [1.82, 2.24) is 0 Å². The van der Waals surface area contributed by atoms with Crippen molar-refractivity contribution >= 4 is 6.29 Å². The summed E-state index contributed by atoms with van der Waals surface area (Å²) >= 11 is 0. The van der Waals surface area contributed by atoms with E-state index in [1.165, 1.54) is 0 Å². The Bertz CT molecular complexity index is 125. The molecule has 1 heterocycles. The van der Waals surface area contributed by atoms with Gasteiger partial charge in [0, 0.05) is 0 Å². The molecule has 1 rings (SSSR count). The molecule has 0 aromatic heterocycles. The van der Waals surface area contributed by atoms with Gasteiger partial charge in [0.2, 0.25) is 0 Å². The zero-order chi connectivity index (χ0) is 7.56. The standard InChI is InChI=1S/C6H10O4/c1-4-9-5(2-7)6(3-8)10-4/h2,4-6,8H,3H2,1H3/t4?,5-,6+/m0/s1. The Hall–Kier alpha value is -0.450. The minimum absolute atomic E-state index is 0.173. The monoisotopic (exact) mass is 146 g/mol. The molecule has 0 aromatic carbocycles. The van der Waals surface area contributed by atoms with Gasteiger partial charge >= 0.3 is 0 Å². The summed E-state index contributed by atoms with van der Waals surface area (Å²) in [5.74, 6) is 0. The quantitative estimate of drug-likeness (QED) is 0.524. The molecule has 0 aliphatic carbocycles. The first-order chi connectivity index (χ1) is 4.77. The molecule has 58 valence electrons. The van der Waals surface area contributed by atoms with Gasteiger partial charge in [-0.05, 0) is 6.92 Å². The Kier molecular flexibility index (Phi) is 2.37. The number of aliphatic hydroxyl groups excluding tert-OH is 1. The highest BCUT2D eigenvalue weighted by molar-refractivity contribution is 5.57. The highest BCUT2D eigenvalue weighted by Gasteiger charge is 2.32. The van der Waals surface area contributed by atoms with Crippen molar-refractivity contribution in [3.05, 3.63) is 0 Å².